The van der Waals surface area contributed by atoms with E-state index in [-0.39, 0.29) is 11.6 Å². The summed E-state index contributed by atoms with van der Waals surface area (Å²) in [6.45, 7) is 4.59. The van der Waals surface area contributed by atoms with Gasteiger partial charge in [0.2, 0.25) is 5.95 Å². The molecule has 3 aromatic rings. The predicted molar refractivity (Wildman–Crippen MR) is 113 cm³/mol. The maximum atomic E-state index is 12.6. The van der Waals surface area contributed by atoms with E-state index in [0.717, 1.165) is 31.1 Å². The van der Waals surface area contributed by atoms with E-state index in [1.807, 2.05) is 12.1 Å². The van der Waals surface area contributed by atoms with Crippen LogP contribution in [0.25, 0.3) is 11.4 Å². The van der Waals surface area contributed by atoms with Crippen molar-refractivity contribution in [3.63, 3.8) is 0 Å². The summed E-state index contributed by atoms with van der Waals surface area (Å²) >= 11 is 0. The van der Waals surface area contributed by atoms with Crippen molar-refractivity contribution in [1.29, 1.82) is 0 Å². The molecule has 0 N–H and O–H groups in total. The first-order valence-corrected chi connectivity index (χ1v) is 9.57. The number of rotatable bonds is 4. The summed E-state index contributed by atoms with van der Waals surface area (Å²) in [5.74, 6) is 1.51. The van der Waals surface area contributed by atoms with Crippen LogP contribution >= 0.6 is 0 Å². The summed E-state index contributed by atoms with van der Waals surface area (Å²) in [5, 5.41) is 0. The van der Waals surface area contributed by atoms with E-state index in [4.69, 9.17) is 9.72 Å². The lowest BCUT2D eigenvalue weighted by molar-refractivity contribution is 0.414. The van der Waals surface area contributed by atoms with E-state index in [1.54, 1.807) is 31.0 Å². The number of hydrogen-bond acceptors (Lipinski definition) is 7. The van der Waals surface area contributed by atoms with Crippen molar-refractivity contribution in [2.75, 3.05) is 36.5 Å². The van der Waals surface area contributed by atoms with Gasteiger partial charge < -0.3 is 14.5 Å². The summed E-state index contributed by atoms with van der Waals surface area (Å²) in [6.07, 6.45) is 3.11. The first kappa shape index (κ1) is 18.9. The van der Waals surface area contributed by atoms with E-state index < -0.39 is 0 Å². The number of benzene rings is 1. The normalized spacial score (nSPS) is 16.7. The van der Waals surface area contributed by atoms with Gasteiger partial charge in [-0.1, -0.05) is 0 Å². The van der Waals surface area contributed by atoms with Gasteiger partial charge in [-0.25, -0.2) is 15.0 Å². The Labute approximate surface area is 169 Å². The van der Waals surface area contributed by atoms with Crippen LogP contribution in [-0.2, 0) is 7.05 Å². The quantitative estimate of drug-likeness (QED) is 0.672. The standard InChI is InChI=1S/C21H24N6O2/c1-15-13-26(16-4-6-17(29-3)7-5-16)10-11-27(15)21-24-19(12-20(28)25(21)2)18-8-9-22-14-23-18/h4-9,12,14-15H,10-11,13H2,1-3H3/t15-/m1/s1. The Morgan fingerprint density at radius 1 is 1.10 bits per heavy atom. The fourth-order valence-electron chi connectivity index (χ4n) is 3.64. The number of nitrogens with zero attached hydrogens (tertiary/aromatic N) is 6. The van der Waals surface area contributed by atoms with Gasteiger partial charge in [0, 0.05) is 50.7 Å². The second kappa shape index (κ2) is 7.90. The van der Waals surface area contributed by atoms with Gasteiger partial charge in [0.1, 0.15) is 12.1 Å². The van der Waals surface area contributed by atoms with Gasteiger partial charge in [0.05, 0.1) is 18.5 Å². The summed E-state index contributed by atoms with van der Waals surface area (Å²) < 4.78 is 6.85. The molecule has 0 spiro atoms. The van der Waals surface area contributed by atoms with Crippen molar-refractivity contribution in [2.45, 2.75) is 13.0 Å². The zero-order valence-electron chi connectivity index (χ0n) is 16.8. The Balaban J connectivity index is 1.59. The van der Waals surface area contributed by atoms with Gasteiger partial charge in [-0.2, -0.15) is 0 Å². The zero-order chi connectivity index (χ0) is 20.4. The smallest absolute Gasteiger partial charge is 0.255 e. The van der Waals surface area contributed by atoms with E-state index in [9.17, 15) is 4.79 Å². The number of hydrogen-bond donors (Lipinski definition) is 0. The molecule has 4 rings (SSSR count). The molecule has 1 aromatic carbocycles. The van der Waals surface area contributed by atoms with E-state index >= 15 is 0 Å². The lowest BCUT2D eigenvalue weighted by Gasteiger charge is -2.42. The third-order valence-electron chi connectivity index (χ3n) is 5.28. The van der Waals surface area contributed by atoms with Crippen molar-refractivity contribution >= 4 is 11.6 Å². The highest BCUT2D eigenvalue weighted by Crippen LogP contribution is 2.25. The molecule has 0 saturated carbocycles. The Morgan fingerprint density at radius 3 is 2.55 bits per heavy atom. The van der Waals surface area contributed by atoms with Crippen LogP contribution in [0.2, 0.25) is 0 Å². The number of aromatic nitrogens is 4. The summed E-state index contributed by atoms with van der Waals surface area (Å²) in [6, 6.07) is 11.6. The molecule has 1 atom stereocenters. The molecule has 1 fully saturated rings. The molecule has 3 heterocycles. The second-order valence-corrected chi connectivity index (χ2v) is 7.12. The van der Waals surface area contributed by atoms with Gasteiger partial charge in [-0.3, -0.25) is 9.36 Å². The van der Waals surface area contributed by atoms with Gasteiger partial charge in [0.25, 0.3) is 5.56 Å². The van der Waals surface area contributed by atoms with Crippen LogP contribution in [0.15, 0.2) is 53.7 Å². The second-order valence-electron chi connectivity index (χ2n) is 7.12. The molecule has 0 bridgehead atoms. The fraction of sp³-hybridized carbons (Fsp3) is 0.333. The van der Waals surface area contributed by atoms with Crippen LogP contribution in [0.3, 0.4) is 0 Å². The predicted octanol–water partition coefficient (Wildman–Crippen LogP) is 1.96. The van der Waals surface area contributed by atoms with Gasteiger partial charge in [-0.05, 0) is 37.3 Å². The van der Waals surface area contributed by atoms with Crippen molar-refractivity contribution in [2.24, 2.45) is 7.05 Å². The highest BCUT2D eigenvalue weighted by molar-refractivity contribution is 5.56. The van der Waals surface area contributed by atoms with Crippen molar-refractivity contribution < 1.29 is 4.74 Å². The molecule has 1 aliphatic heterocycles. The van der Waals surface area contributed by atoms with Crippen molar-refractivity contribution in [3.8, 4) is 17.1 Å². The monoisotopic (exact) mass is 392 g/mol. The first-order chi connectivity index (χ1) is 14.1. The van der Waals surface area contributed by atoms with E-state index in [2.05, 4.69) is 38.8 Å². The molecule has 0 unspecified atom stereocenters. The van der Waals surface area contributed by atoms with Gasteiger partial charge >= 0.3 is 0 Å². The number of piperazine rings is 1. The molecule has 29 heavy (non-hydrogen) atoms. The maximum absolute atomic E-state index is 12.6. The van der Waals surface area contributed by atoms with Crippen LogP contribution in [0.5, 0.6) is 5.75 Å². The largest absolute Gasteiger partial charge is 0.497 e. The van der Waals surface area contributed by atoms with Gasteiger partial charge in [-0.15, -0.1) is 0 Å². The third-order valence-corrected chi connectivity index (χ3v) is 5.28. The van der Waals surface area contributed by atoms with Crippen LogP contribution in [0, 0.1) is 0 Å². The molecule has 2 aromatic heterocycles. The molecular formula is C21H24N6O2. The van der Waals surface area contributed by atoms with Crippen molar-refractivity contribution in [3.05, 3.63) is 59.3 Å². The highest BCUT2D eigenvalue weighted by atomic mass is 16.5. The first-order valence-electron chi connectivity index (χ1n) is 9.57. The Hall–Kier alpha value is -3.42. The minimum atomic E-state index is -0.103. The summed E-state index contributed by atoms with van der Waals surface area (Å²) in [4.78, 5) is 30.0. The lowest BCUT2D eigenvalue weighted by atomic mass is 10.1. The van der Waals surface area contributed by atoms with Crippen molar-refractivity contribution in [1.82, 2.24) is 19.5 Å². The average molecular weight is 392 g/mol. The Kier molecular flexibility index (Phi) is 5.16. The van der Waals surface area contributed by atoms with Crippen LogP contribution in [0.4, 0.5) is 11.6 Å². The van der Waals surface area contributed by atoms with Crippen LogP contribution in [0.1, 0.15) is 6.92 Å². The SMILES string of the molecule is COc1ccc(N2CCN(c3nc(-c4ccncn4)cc(=O)n3C)[C@H](C)C2)cc1. The molecule has 0 amide bonds. The molecule has 8 heteroatoms. The molecular weight excluding hydrogens is 368 g/mol. The third kappa shape index (κ3) is 3.78. The summed E-state index contributed by atoms with van der Waals surface area (Å²) in [7, 11) is 3.43. The minimum absolute atomic E-state index is 0.103. The Morgan fingerprint density at radius 2 is 1.90 bits per heavy atom. The van der Waals surface area contributed by atoms with Crippen LogP contribution in [-0.4, -0.2) is 52.3 Å². The van der Waals surface area contributed by atoms with E-state index in [1.165, 1.54) is 12.4 Å². The maximum Gasteiger partial charge on any atom is 0.255 e. The number of anilines is 2. The zero-order valence-corrected chi connectivity index (χ0v) is 16.8. The Bertz CT molecular complexity index is 1040. The topological polar surface area (TPSA) is 76.4 Å². The minimum Gasteiger partial charge on any atom is -0.497 e. The molecule has 150 valence electrons. The van der Waals surface area contributed by atoms with Crippen LogP contribution < -0.4 is 20.1 Å². The lowest BCUT2D eigenvalue weighted by Crippen LogP contribution is -2.53. The van der Waals surface area contributed by atoms with E-state index in [0.29, 0.717) is 17.3 Å². The highest BCUT2D eigenvalue weighted by Gasteiger charge is 2.27. The number of methoxy groups -OCH3 is 1. The molecule has 0 aliphatic carbocycles. The molecule has 8 nitrogen and oxygen atoms in total. The summed E-state index contributed by atoms with van der Waals surface area (Å²) in [5.41, 5.74) is 2.26. The molecule has 1 saturated heterocycles. The molecule has 0 radical (unpaired) electrons. The molecule has 1 aliphatic rings. The average Bonchev–Trinajstić information content (AvgIpc) is 2.76. The number of ether oxygens (including phenoxy) is 1. The fourth-order valence-corrected chi connectivity index (χ4v) is 3.64. The van der Waals surface area contributed by atoms with Gasteiger partial charge in [0.15, 0.2) is 0 Å².